The van der Waals surface area contributed by atoms with Gasteiger partial charge in [0.1, 0.15) is 50.9 Å². The highest BCUT2D eigenvalue weighted by Gasteiger charge is 2.46. The molecule has 12 aromatic rings. The van der Waals surface area contributed by atoms with Gasteiger partial charge in [0.2, 0.25) is 28.8 Å². The highest BCUT2D eigenvalue weighted by atomic mass is 19.1. The number of piperidine rings is 3. The number of benzene rings is 4. The Kier molecular flexibility index (Phi) is 29.9. The van der Waals surface area contributed by atoms with E-state index in [-0.39, 0.29) is 179 Å². The molecule has 740 valence electrons. The Balaban J connectivity index is 0.000000130. The average Bonchev–Trinajstić information content (AvgIpc) is 1.57. The fourth-order valence-electron chi connectivity index (χ4n) is 19.8. The van der Waals surface area contributed by atoms with Crippen molar-refractivity contribution in [1.82, 2.24) is 54.6 Å². The molecule has 6 aliphatic heterocycles. The molecule has 2 aliphatic carbocycles. The smallest absolute Gasteiger partial charge is 0.410 e. The minimum atomic E-state index is -0.693. The van der Waals surface area contributed by atoms with E-state index in [1.165, 1.54) is 72.8 Å². The number of hydrogen-bond donors (Lipinski definition) is 4. The first-order valence-electron chi connectivity index (χ1n) is 47.0. The number of nitrogens with one attached hydrogen (secondary N) is 4. The Morgan fingerprint density at radius 1 is 0.380 bits per heavy atom. The minimum absolute atomic E-state index is 0.00276. The van der Waals surface area contributed by atoms with Crippen molar-refractivity contribution in [2.45, 2.75) is 250 Å². The summed E-state index contributed by atoms with van der Waals surface area (Å²) in [6.45, 7) is 8.84. The third-order valence-electron chi connectivity index (χ3n) is 25.8. The van der Waals surface area contributed by atoms with Gasteiger partial charge in [0, 0.05) is 112 Å². The highest BCUT2D eigenvalue weighted by Crippen LogP contribution is 2.40. The summed E-state index contributed by atoms with van der Waals surface area (Å²) in [5.41, 5.74) is 1.12. The Labute approximate surface area is 802 Å². The molecule has 0 radical (unpaired) electrons. The molecule has 2 saturated carbocycles. The summed E-state index contributed by atoms with van der Waals surface area (Å²) in [5, 5.41) is 16.9. The number of nitrogens with zero attached hydrogens (tertiary/aromatic N) is 11. The van der Waals surface area contributed by atoms with Crippen LogP contribution in [0.1, 0.15) is 214 Å². The molecular weight excluding hydrogens is 1860 g/mol. The normalized spacial score (nSPS) is 19.0. The van der Waals surface area contributed by atoms with Gasteiger partial charge in [-0.25, -0.2) is 46.3 Å². The highest BCUT2D eigenvalue weighted by molar-refractivity contribution is 5.91. The molecule has 8 aliphatic rings. The number of hydrogen-bond acceptors (Lipinski definition) is 31. The van der Waals surface area contributed by atoms with Gasteiger partial charge in [-0.2, -0.15) is 19.9 Å². The van der Waals surface area contributed by atoms with E-state index in [4.69, 9.17) is 51.2 Å². The number of rotatable bonds is 21. The van der Waals surface area contributed by atoms with Crippen molar-refractivity contribution < 1.29 is 88.0 Å². The van der Waals surface area contributed by atoms with Gasteiger partial charge >= 0.3 is 64.7 Å². The lowest BCUT2D eigenvalue weighted by molar-refractivity contribution is -0.148. The topological polar surface area (TPSA) is 496 Å². The predicted octanol–water partition coefficient (Wildman–Crippen LogP) is 13.9. The summed E-state index contributed by atoms with van der Waals surface area (Å²) in [4.78, 5) is 202. The molecule has 6 unspecified atom stereocenters. The molecule has 8 fully saturated rings. The Morgan fingerprint density at radius 3 is 0.958 bits per heavy atom. The van der Waals surface area contributed by atoms with Gasteiger partial charge in [0.05, 0.1) is 35.1 Å². The number of halogens is 4. The molecule has 38 nitrogen and oxygen atoms in total. The summed E-state index contributed by atoms with van der Waals surface area (Å²) in [6, 6.07) is 27.7. The SMILES string of the molecule is CC(=O)N1C2CCC1CC(=NOc1nc3oc(=O)cc(Cc4cccc(F)c4)c3c(=O)[nH]1)C2.CC(C)OC(=O)CC1CCC(=NOc2nc3oc(=O)cc(Cc4cccc(F)c4)c3c(=O)[nH]2)CC1.CC(C)OC(=O)N1C2CCC1CC(=NOc1nc3oc(=O)cc(Cc4cccc(F)c4)c3c(=O)[nH]1)C2.O=C(OC1CCCC1)N1C2CCC1CC(=NOc1nc3oc(=O)cc(Cc4cccc(F)c4)c3c(=O)[nH]1)C2. The second kappa shape index (κ2) is 43.4. The standard InChI is InChI=1S/C27H27FN4O6.C25H25FN4O6.C25H26FN3O6.C23H21FN4O5/c28-17-5-3-4-15(11-17)10-16-12-22(33)37-25-23(16)24(34)29-26(30-25)38-31-18-13-19-8-9-20(14-18)32(19)27(35)36-21-6-1-2-7-21;1-13(2)34-25(33)30-18-6-7-19(30)12-17(11-18)29-36-24-27-22(32)21-15(10-20(31)35-23(21)28-24)8-14-4-3-5-16(26)9-14;1-14(2)33-20(30)12-15-6-8-19(9-7-15)29-35-25-27-23(32)22-17(13-21(31)34-24(22)28-25)10-16-4-3-5-18(26)11-16;1-12(29)28-17-5-6-18(28)11-16(10-17)27-33-23-25-21(31)20-14(9-19(30)32-22(20)26-23)7-13-3-2-4-15(24)8-13/h3-5,11-12,19-21H,1-2,6-10,13-14H2,(H,29,30,34);3-5,9-10,13,18-19H,6-8,11-12H2,1-2H3,(H,27,28,32);3-5,11,13-15H,6-10,12H2,1-2H3,(H,27,28,32);2-4,8-9,17-18H,5-7,10-11H2,1H3,(H,25,26,31). The predicted molar refractivity (Wildman–Crippen MR) is 505 cm³/mol. The Morgan fingerprint density at radius 2 is 0.669 bits per heavy atom. The number of fused-ring (bicyclic) bond motifs is 10. The van der Waals surface area contributed by atoms with Gasteiger partial charge in [-0.05, 0) is 242 Å². The van der Waals surface area contributed by atoms with Crippen LogP contribution in [-0.4, -0.2) is 156 Å². The number of amides is 3. The lowest BCUT2D eigenvalue weighted by Crippen LogP contribution is -2.47. The molecule has 20 rings (SSSR count). The zero-order valence-corrected chi connectivity index (χ0v) is 77.8. The van der Waals surface area contributed by atoms with E-state index in [9.17, 15) is 75.1 Å². The second-order valence-corrected chi connectivity index (χ2v) is 36.8. The van der Waals surface area contributed by atoms with E-state index in [0.717, 1.165) is 99.9 Å². The molecule has 142 heavy (non-hydrogen) atoms. The van der Waals surface area contributed by atoms with Crippen LogP contribution in [0.25, 0.3) is 44.4 Å². The summed E-state index contributed by atoms with van der Waals surface area (Å²) in [6.07, 6.45) is 15.6. The van der Waals surface area contributed by atoms with Crippen LogP contribution in [0.5, 0.6) is 24.0 Å². The Bertz CT molecular complexity index is 7450. The molecule has 6 saturated heterocycles. The van der Waals surface area contributed by atoms with Crippen LogP contribution in [-0.2, 0) is 49.5 Å². The molecule has 6 bridgehead atoms. The number of esters is 1. The lowest BCUT2D eigenvalue weighted by atomic mass is 9.86. The van der Waals surface area contributed by atoms with Crippen LogP contribution in [0.4, 0.5) is 27.2 Å². The summed E-state index contributed by atoms with van der Waals surface area (Å²) in [5.74, 6) is -1.57. The van der Waals surface area contributed by atoms with Gasteiger partial charge in [-0.3, -0.25) is 48.7 Å². The van der Waals surface area contributed by atoms with Crippen LogP contribution < -0.4 is 64.1 Å². The number of carbonyl (C=O) groups is 4. The lowest BCUT2D eigenvalue weighted by Gasteiger charge is -2.35. The first-order valence-corrected chi connectivity index (χ1v) is 47.0. The molecule has 4 aromatic carbocycles. The van der Waals surface area contributed by atoms with Crippen molar-refractivity contribution in [2.24, 2.45) is 26.5 Å². The molecule has 14 heterocycles. The number of aromatic amines is 4. The molecule has 42 heteroatoms. The third kappa shape index (κ3) is 24.1. The summed E-state index contributed by atoms with van der Waals surface area (Å²) < 4.78 is 91.1. The van der Waals surface area contributed by atoms with Gasteiger partial charge in [0.25, 0.3) is 22.2 Å². The van der Waals surface area contributed by atoms with Crippen LogP contribution >= 0.6 is 0 Å². The number of aromatic nitrogens is 8. The van der Waals surface area contributed by atoms with E-state index in [0.29, 0.717) is 102 Å². The van der Waals surface area contributed by atoms with E-state index in [2.05, 4.69) is 60.5 Å². The molecule has 8 aromatic heterocycles. The van der Waals surface area contributed by atoms with E-state index >= 15 is 0 Å². The number of ether oxygens (including phenoxy) is 3. The van der Waals surface area contributed by atoms with Gasteiger partial charge in [0.15, 0.2) is 0 Å². The van der Waals surface area contributed by atoms with Crippen molar-refractivity contribution in [3.05, 3.63) is 272 Å². The van der Waals surface area contributed by atoms with Gasteiger partial charge in [-0.1, -0.05) is 69.2 Å². The Hall–Kier alpha value is -15.7. The third-order valence-corrected chi connectivity index (χ3v) is 25.8. The maximum absolute atomic E-state index is 13.6. The van der Waals surface area contributed by atoms with E-state index in [1.807, 2.05) is 37.5 Å². The van der Waals surface area contributed by atoms with E-state index < -0.39 is 68.0 Å². The second-order valence-electron chi connectivity index (χ2n) is 36.8. The van der Waals surface area contributed by atoms with Crippen molar-refractivity contribution >= 4 is 91.3 Å². The van der Waals surface area contributed by atoms with Crippen LogP contribution in [0.15, 0.2) is 198 Å². The summed E-state index contributed by atoms with van der Waals surface area (Å²) in [7, 11) is 0. The zero-order chi connectivity index (χ0) is 99.7. The van der Waals surface area contributed by atoms with Crippen molar-refractivity contribution in [3.8, 4) is 24.0 Å². The maximum Gasteiger partial charge on any atom is 0.410 e. The fraction of sp³-hybridized carbons (Fsp3) is 0.400. The average molecular weight is 1950 g/mol. The van der Waals surface area contributed by atoms with Crippen LogP contribution in [0.3, 0.4) is 0 Å². The first kappa shape index (κ1) is 97.9. The largest absolute Gasteiger partial charge is 0.463 e. The molecule has 0 spiro atoms. The molecule has 4 N–H and O–H groups in total. The van der Waals surface area contributed by atoms with Crippen LogP contribution in [0, 0.1) is 29.2 Å². The molecular formula is C100H99F4N15O23. The molecule has 6 atom stereocenters. The van der Waals surface area contributed by atoms with Crippen LogP contribution in [0.2, 0.25) is 0 Å². The molecule has 3 amide bonds. The van der Waals surface area contributed by atoms with Crippen molar-refractivity contribution in [3.63, 3.8) is 0 Å². The number of carbonyl (C=O) groups excluding carboxylic acids is 4. The van der Waals surface area contributed by atoms with Crippen molar-refractivity contribution in [1.29, 1.82) is 0 Å². The van der Waals surface area contributed by atoms with E-state index in [1.54, 1.807) is 60.4 Å². The maximum atomic E-state index is 13.6. The number of H-pyrrole nitrogens is 4. The van der Waals surface area contributed by atoms with Gasteiger partial charge < -0.3 is 65.9 Å². The van der Waals surface area contributed by atoms with Crippen molar-refractivity contribution in [2.75, 3.05) is 0 Å². The minimum Gasteiger partial charge on any atom is -0.463 e. The zero-order valence-electron chi connectivity index (χ0n) is 77.8. The van der Waals surface area contributed by atoms with Gasteiger partial charge in [-0.15, -0.1) is 0 Å². The number of oxime groups is 4. The fourth-order valence-corrected chi connectivity index (χ4v) is 19.8. The summed E-state index contributed by atoms with van der Waals surface area (Å²) >= 11 is 0. The quantitative estimate of drug-likeness (QED) is 0.0225. The first-order chi connectivity index (χ1) is 68.3. The monoisotopic (exact) mass is 1950 g/mol.